The number of carbonyl (C=O) groups excluding carboxylic acids is 1. The van der Waals surface area contributed by atoms with Gasteiger partial charge in [-0.3, -0.25) is 14.2 Å². The second-order valence-electron chi connectivity index (χ2n) is 8.03. The first-order valence-corrected chi connectivity index (χ1v) is 11.2. The van der Waals surface area contributed by atoms with Crippen LogP contribution in [0.2, 0.25) is 0 Å². The van der Waals surface area contributed by atoms with E-state index in [-0.39, 0.29) is 11.5 Å². The van der Waals surface area contributed by atoms with Crippen molar-refractivity contribution >= 4 is 45.9 Å². The maximum Gasteiger partial charge on any atom is 0.261 e. The van der Waals surface area contributed by atoms with Crippen LogP contribution in [0.3, 0.4) is 0 Å². The Morgan fingerprint density at radius 3 is 2.65 bits per heavy atom. The third-order valence-electron chi connectivity index (χ3n) is 5.81. The molecule has 1 aliphatic heterocycles. The maximum absolute atomic E-state index is 13.0. The van der Waals surface area contributed by atoms with Crippen molar-refractivity contribution in [1.29, 1.82) is 0 Å². The number of hydrogen-bond donors (Lipinski definition) is 0. The second-order valence-corrected chi connectivity index (χ2v) is 8.47. The number of fused-ring (bicyclic) bond motifs is 1. The first-order chi connectivity index (χ1) is 15.0. The third kappa shape index (κ3) is 4.88. The average Bonchev–Trinajstić information content (AvgIpc) is 2.80. The number of carbonyl (C=O) groups is 1. The van der Waals surface area contributed by atoms with Crippen LogP contribution in [-0.4, -0.2) is 39.0 Å². The van der Waals surface area contributed by atoms with Gasteiger partial charge < -0.3 is 7.97 Å². The number of likely N-dealkylation sites (tertiary alicyclic amines) is 1. The van der Waals surface area contributed by atoms with Crippen molar-refractivity contribution in [3.05, 3.63) is 82.4 Å². The number of aromatic nitrogens is 2. The zero-order chi connectivity index (χ0) is 21.8. The molecule has 4 rings (SSSR count). The van der Waals surface area contributed by atoms with E-state index in [0.29, 0.717) is 43.4 Å². The van der Waals surface area contributed by atoms with E-state index < -0.39 is 5.60 Å². The molecule has 0 radical (unpaired) electrons. The Balaban J connectivity index is 1.45. The molecule has 0 N–H and O–H groups in total. The highest BCUT2D eigenvalue weighted by Crippen LogP contribution is 2.30. The van der Waals surface area contributed by atoms with Crippen LogP contribution < -0.4 is 5.56 Å². The molecule has 0 spiro atoms. The lowest BCUT2D eigenvalue weighted by Gasteiger charge is -2.39. The van der Waals surface area contributed by atoms with Crippen LogP contribution in [0.5, 0.6) is 0 Å². The highest BCUT2D eigenvalue weighted by atomic mass is 127. The van der Waals surface area contributed by atoms with Crippen LogP contribution in [-0.2, 0) is 14.4 Å². The number of aryl methyl sites for hydroxylation is 1. The van der Waals surface area contributed by atoms with Crippen molar-refractivity contribution in [2.45, 2.75) is 31.9 Å². The van der Waals surface area contributed by atoms with Gasteiger partial charge in [0, 0.05) is 19.2 Å². The number of benzene rings is 2. The number of piperidine rings is 1. The number of rotatable bonds is 5. The molecule has 0 saturated carbocycles. The Morgan fingerprint density at radius 1 is 1.19 bits per heavy atom. The van der Waals surface area contributed by atoms with Crippen molar-refractivity contribution in [3.8, 4) is 0 Å². The smallest absolute Gasteiger partial charge is 0.261 e. The molecule has 1 saturated heterocycles. The number of amides is 1. The van der Waals surface area contributed by atoms with Gasteiger partial charge in [0.1, 0.15) is 28.6 Å². The van der Waals surface area contributed by atoms with Crippen LogP contribution in [0.1, 0.15) is 24.0 Å². The Bertz CT molecular complexity index is 1170. The fourth-order valence-electron chi connectivity index (χ4n) is 3.92. The van der Waals surface area contributed by atoms with E-state index in [2.05, 4.69) is 4.98 Å². The fourth-order valence-corrected chi connectivity index (χ4v) is 4.50. The van der Waals surface area contributed by atoms with Gasteiger partial charge in [0.05, 0.1) is 23.8 Å². The topological polar surface area (TPSA) is 64.4 Å². The minimum atomic E-state index is -0.510. The molecule has 1 aliphatic rings. The Labute approximate surface area is 195 Å². The van der Waals surface area contributed by atoms with Crippen molar-refractivity contribution in [2.75, 3.05) is 13.1 Å². The summed E-state index contributed by atoms with van der Waals surface area (Å²) in [5.41, 5.74) is 2.20. The molecule has 1 fully saturated rings. The standard InChI is InChI=1S/C24H24IN3O3/c1-18-7-9-20-21(15-18)26-17-28(23(20)30)16-24(31-25)11-13-27(14-12-24)22(29)10-8-19-5-3-2-4-6-19/h2-10,15,17H,11-14,16H2,1H3/b10-8+. The molecule has 3 aromatic rings. The van der Waals surface area contributed by atoms with Crippen molar-refractivity contribution in [2.24, 2.45) is 0 Å². The summed E-state index contributed by atoms with van der Waals surface area (Å²) in [4.78, 5) is 31.8. The molecule has 0 atom stereocenters. The van der Waals surface area contributed by atoms with Gasteiger partial charge >= 0.3 is 0 Å². The lowest BCUT2D eigenvalue weighted by atomic mass is 9.91. The van der Waals surface area contributed by atoms with Crippen molar-refractivity contribution in [1.82, 2.24) is 14.5 Å². The summed E-state index contributed by atoms with van der Waals surface area (Å²) in [6.45, 7) is 3.55. The van der Waals surface area contributed by atoms with E-state index in [1.165, 1.54) is 0 Å². The Kier molecular flexibility index (Phi) is 6.52. The van der Waals surface area contributed by atoms with Crippen molar-refractivity contribution < 1.29 is 7.86 Å². The van der Waals surface area contributed by atoms with Gasteiger partial charge in [-0.1, -0.05) is 36.4 Å². The predicted molar refractivity (Wildman–Crippen MR) is 130 cm³/mol. The molecule has 0 bridgehead atoms. The molecular formula is C24H24IN3O3. The van der Waals surface area contributed by atoms with Gasteiger partial charge in [0.2, 0.25) is 5.91 Å². The van der Waals surface area contributed by atoms with Crippen molar-refractivity contribution in [3.63, 3.8) is 0 Å². The normalized spacial score (nSPS) is 16.1. The molecule has 0 aliphatic carbocycles. The summed E-state index contributed by atoms with van der Waals surface area (Å²) in [5, 5.41) is 0.607. The predicted octanol–water partition coefficient (Wildman–Crippen LogP) is 4.15. The quantitative estimate of drug-likeness (QED) is 0.368. The van der Waals surface area contributed by atoms with Crippen LogP contribution in [0, 0.1) is 6.92 Å². The molecule has 1 amide bonds. The number of nitrogens with zero attached hydrogens (tertiary/aromatic N) is 3. The van der Waals surface area contributed by atoms with E-state index in [1.807, 2.05) is 89.4 Å². The van der Waals surface area contributed by atoms with E-state index in [1.54, 1.807) is 17.0 Å². The van der Waals surface area contributed by atoms with E-state index >= 15 is 0 Å². The zero-order valence-corrected chi connectivity index (χ0v) is 19.5. The van der Waals surface area contributed by atoms with Gasteiger partial charge in [-0.15, -0.1) is 0 Å². The highest BCUT2D eigenvalue weighted by molar-refractivity contribution is 14.1. The Morgan fingerprint density at radius 2 is 1.94 bits per heavy atom. The fraction of sp³-hybridized carbons (Fsp3) is 0.292. The van der Waals surface area contributed by atoms with Gasteiger partial charge in [0.25, 0.3) is 5.56 Å². The monoisotopic (exact) mass is 529 g/mol. The second kappa shape index (κ2) is 9.32. The zero-order valence-electron chi connectivity index (χ0n) is 17.3. The largest absolute Gasteiger partial charge is 0.339 e. The first-order valence-electron chi connectivity index (χ1n) is 10.3. The summed E-state index contributed by atoms with van der Waals surface area (Å²) in [5.74, 6) is -0.00850. The molecule has 0 unspecified atom stereocenters. The third-order valence-corrected chi connectivity index (χ3v) is 6.74. The van der Waals surface area contributed by atoms with E-state index in [9.17, 15) is 9.59 Å². The Hall–Kier alpha value is -2.52. The lowest BCUT2D eigenvalue weighted by molar-refractivity contribution is -0.129. The van der Waals surface area contributed by atoms with E-state index in [4.69, 9.17) is 3.07 Å². The number of halogens is 1. The summed E-state index contributed by atoms with van der Waals surface area (Å²) < 4.78 is 7.48. The van der Waals surface area contributed by atoms with Crippen LogP contribution in [0.15, 0.2) is 65.7 Å². The van der Waals surface area contributed by atoms with Crippen LogP contribution in [0.25, 0.3) is 17.0 Å². The van der Waals surface area contributed by atoms with Gasteiger partial charge in [-0.25, -0.2) is 4.98 Å². The van der Waals surface area contributed by atoms with Gasteiger partial charge in [0.15, 0.2) is 0 Å². The summed E-state index contributed by atoms with van der Waals surface area (Å²) in [6.07, 6.45) is 6.36. The molecule has 7 heteroatoms. The summed E-state index contributed by atoms with van der Waals surface area (Å²) in [6, 6.07) is 15.4. The molecule has 1 aromatic heterocycles. The molecule has 160 valence electrons. The molecule has 31 heavy (non-hydrogen) atoms. The molecular weight excluding hydrogens is 505 g/mol. The summed E-state index contributed by atoms with van der Waals surface area (Å²) >= 11 is 1.92. The highest BCUT2D eigenvalue weighted by Gasteiger charge is 2.37. The number of hydrogen-bond acceptors (Lipinski definition) is 4. The molecule has 6 nitrogen and oxygen atoms in total. The minimum Gasteiger partial charge on any atom is -0.339 e. The van der Waals surface area contributed by atoms with Crippen LogP contribution in [0.4, 0.5) is 0 Å². The minimum absolute atomic E-state index is 0.00850. The lowest BCUT2D eigenvalue weighted by Crippen LogP contribution is -2.49. The summed E-state index contributed by atoms with van der Waals surface area (Å²) in [7, 11) is 0. The van der Waals surface area contributed by atoms with Gasteiger partial charge in [-0.05, 0) is 49.1 Å². The first kappa shape index (κ1) is 21.7. The SMILES string of the molecule is Cc1ccc2c(=O)n(CC3(OI)CCN(C(=O)/C=C/c4ccccc4)CC3)cnc2c1. The molecule has 2 aromatic carbocycles. The van der Waals surface area contributed by atoms with Gasteiger partial charge in [-0.2, -0.15) is 0 Å². The average molecular weight is 529 g/mol. The van der Waals surface area contributed by atoms with Crippen LogP contribution >= 0.6 is 23.0 Å². The molecule has 2 heterocycles. The maximum atomic E-state index is 13.0. The van der Waals surface area contributed by atoms with E-state index in [0.717, 1.165) is 11.1 Å².